The number of nitrogen functional groups attached to an aromatic ring is 1. The van der Waals surface area contributed by atoms with Crippen molar-refractivity contribution in [2.45, 2.75) is 25.3 Å². The lowest BCUT2D eigenvalue weighted by Crippen LogP contribution is -2.31. The number of hydrogen-bond donors (Lipinski definition) is 2. The molecule has 108 valence electrons. The Bertz CT molecular complexity index is 687. The van der Waals surface area contributed by atoms with Crippen LogP contribution in [0.25, 0.3) is 0 Å². The number of hydrogen-bond acceptors (Lipinski definition) is 3. The van der Waals surface area contributed by atoms with Crippen LogP contribution in [0.15, 0.2) is 36.5 Å². The molecule has 0 saturated heterocycles. The van der Waals surface area contributed by atoms with E-state index in [4.69, 9.17) is 5.73 Å². The van der Waals surface area contributed by atoms with Crippen molar-refractivity contribution >= 4 is 11.7 Å². The number of rotatable bonds is 2. The van der Waals surface area contributed by atoms with Gasteiger partial charge in [0.1, 0.15) is 11.6 Å². The Hall–Kier alpha value is -2.43. The van der Waals surface area contributed by atoms with Gasteiger partial charge in [0.25, 0.3) is 5.91 Å². The van der Waals surface area contributed by atoms with E-state index in [0.29, 0.717) is 0 Å². The number of aryl methyl sites for hydroxylation is 1. The van der Waals surface area contributed by atoms with Crippen molar-refractivity contribution < 1.29 is 9.18 Å². The molecule has 1 aromatic heterocycles. The zero-order chi connectivity index (χ0) is 14.8. The van der Waals surface area contributed by atoms with Crippen molar-refractivity contribution in [3.05, 3.63) is 59.0 Å². The minimum Gasteiger partial charge on any atom is -0.383 e. The fourth-order valence-electron chi connectivity index (χ4n) is 2.77. The highest BCUT2D eigenvalue weighted by atomic mass is 19.1. The van der Waals surface area contributed by atoms with E-state index in [1.54, 1.807) is 0 Å². The van der Waals surface area contributed by atoms with E-state index in [-0.39, 0.29) is 23.3 Å². The number of carbonyl (C=O) groups is 1. The second-order valence-electron chi connectivity index (χ2n) is 5.20. The van der Waals surface area contributed by atoms with Crippen LogP contribution in [0.5, 0.6) is 0 Å². The van der Waals surface area contributed by atoms with Crippen LogP contribution in [-0.4, -0.2) is 10.9 Å². The molecule has 3 rings (SSSR count). The highest BCUT2D eigenvalue weighted by molar-refractivity contribution is 5.98. The number of benzene rings is 1. The monoisotopic (exact) mass is 285 g/mol. The Labute approximate surface area is 122 Å². The number of fused-ring (bicyclic) bond motifs is 1. The van der Waals surface area contributed by atoms with Crippen LogP contribution in [0.1, 0.15) is 40.4 Å². The Kier molecular flexibility index (Phi) is 3.56. The lowest BCUT2D eigenvalue weighted by atomic mass is 9.87. The largest absolute Gasteiger partial charge is 0.383 e. The van der Waals surface area contributed by atoms with Gasteiger partial charge in [-0.1, -0.05) is 24.3 Å². The lowest BCUT2D eigenvalue weighted by molar-refractivity contribution is 0.0933. The first-order valence-corrected chi connectivity index (χ1v) is 6.95. The molecule has 0 bridgehead atoms. The third-order valence-electron chi connectivity index (χ3n) is 3.80. The van der Waals surface area contributed by atoms with Gasteiger partial charge in [0.2, 0.25) is 0 Å². The summed E-state index contributed by atoms with van der Waals surface area (Å²) in [5.41, 5.74) is 8.11. The van der Waals surface area contributed by atoms with Crippen molar-refractivity contribution in [3.8, 4) is 0 Å². The number of nitrogens with one attached hydrogen (secondary N) is 1. The number of nitrogens with zero attached hydrogens (tertiary/aromatic N) is 1. The molecule has 1 amide bonds. The van der Waals surface area contributed by atoms with Crippen LogP contribution in [-0.2, 0) is 6.42 Å². The van der Waals surface area contributed by atoms with E-state index >= 15 is 0 Å². The number of anilines is 1. The maximum absolute atomic E-state index is 13.2. The maximum Gasteiger partial charge on any atom is 0.255 e. The van der Waals surface area contributed by atoms with Crippen LogP contribution < -0.4 is 11.1 Å². The van der Waals surface area contributed by atoms with E-state index in [1.165, 1.54) is 5.56 Å². The normalized spacial score (nSPS) is 17.1. The van der Waals surface area contributed by atoms with Crippen molar-refractivity contribution in [2.24, 2.45) is 0 Å². The minimum atomic E-state index is -0.571. The number of carbonyl (C=O) groups excluding carboxylic acids is 1. The maximum atomic E-state index is 13.2. The van der Waals surface area contributed by atoms with Gasteiger partial charge >= 0.3 is 0 Å². The number of pyridine rings is 1. The molecule has 1 aliphatic carbocycles. The van der Waals surface area contributed by atoms with Gasteiger partial charge in [0, 0.05) is 0 Å². The summed E-state index contributed by atoms with van der Waals surface area (Å²) in [5, 5.41) is 2.93. The van der Waals surface area contributed by atoms with Gasteiger partial charge in [-0.15, -0.1) is 0 Å². The summed E-state index contributed by atoms with van der Waals surface area (Å²) in [6.45, 7) is 0. The van der Waals surface area contributed by atoms with Gasteiger partial charge in [0.15, 0.2) is 0 Å². The number of nitrogens with two attached hydrogens (primary N) is 1. The lowest BCUT2D eigenvalue weighted by Gasteiger charge is -2.26. The fraction of sp³-hybridized carbons (Fsp3) is 0.250. The van der Waals surface area contributed by atoms with E-state index in [1.807, 2.05) is 18.2 Å². The molecule has 4 nitrogen and oxygen atoms in total. The molecule has 1 unspecified atom stereocenters. The molecule has 1 heterocycles. The molecule has 21 heavy (non-hydrogen) atoms. The summed E-state index contributed by atoms with van der Waals surface area (Å²) < 4.78 is 13.2. The molecule has 0 saturated carbocycles. The molecular formula is C16H16FN3O. The van der Waals surface area contributed by atoms with Crippen LogP contribution in [0.3, 0.4) is 0 Å². The van der Waals surface area contributed by atoms with Crippen molar-refractivity contribution in [2.75, 3.05) is 5.73 Å². The Morgan fingerprint density at radius 2 is 2.19 bits per heavy atom. The van der Waals surface area contributed by atoms with Crippen LogP contribution >= 0.6 is 0 Å². The number of amides is 1. The summed E-state index contributed by atoms with van der Waals surface area (Å²) in [6.07, 6.45) is 3.90. The molecule has 0 radical (unpaired) electrons. The van der Waals surface area contributed by atoms with Gasteiger partial charge in [0.05, 0.1) is 17.8 Å². The van der Waals surface area contributed by atoms with Crippen molar-refractivity contribution in [1.29, 1.82) is 0 Å². The highest BCUT2D eigenvalue weighted by Gasteiger charge is 2.23. The first-order chi connectivity index (χ1) is 10.1. The summed E-state index contributed by atoms with van der Waals surface area (Å²) in [4.78, 5) is 16.0. The molecule has 0 spiro atoms. The Balaban J connectivity index is 1.84. The zero-order valence-corrected chi connectivity index (χ0v) is 11.5. The predicted octanol–water partition coefficient (Wildman–Crippen LogP) is 2.61. The molecular weight excluding hydrogens is 269 g/mol. The quantitative estimate of drug-likeness (QED) is 0.891. The average Bonchev–Trinajstić information content (AvgIpc) is 2.50. The summed E-state index contributed by atoms with van der Waals surface area (Å²) in [7, 11) is 0. The average molecular weight is 285 g/mol. The summed E-state index contributed by atoms with van der Waals surface area (Å²) >= 11 is 0. The minimum absolute atomic E-state index is 0.0398. The van der Waals surface area contributed by atoms with E-state index in [0.717, 1.165) is 37.1 Å². The van der Waals surface area contributed by atoms with Crippen LogP contribution in [0.4, 0.5) is 10.2 Å². The fourth-order valence-corrected chi connectivity index (χ4v) is 2.77. The molecule has 3 N–H and O–H groups in total. The number of halogens is 1. The van der Waals surface area contributed by atoms with Gasteiger partial charge in [-0.2, -0.15) is 0 Å². The molecule has 1 atom stereocenters. The van der Waals surface area contributed by atoms with Crippen molar-refractivity contribution in [3.63, 3.8) is 0 Å². The van der Waals surface area contributed by atoms with Gasteiger partial charge in [-0.05, 0) is 36.5 Å². The van der Waals surface area contributed by atoms with Gasteiger partial charge in [-0.25, -0.2) is 9.37 Å². The first-order valence-electron chi connectivity index (χ1n) is 6.95. The third kappa shape index (κ3) is 2.72. The Morgan fingerprint density at radius 3 is 3.05 bits per heavy atom. The second kappa shape index (κ2) is 5.52. The molecule has 1 aromatic carbocycles. The standard InChI is InChI=1S/C16H16FN3O/c17-11-8-13(15(18)19-9-11)16(21)20-14-7-3-5-10-4-1-2-6-12(10)14/h1-2,4,6,8-9,14H,3,5,7H2,(H2,18,19)(H,20,21). The zero-order valence-electron chi connectivity index (χ0n) is 11.5. The summed E-state index contributed by atoms with van der Waals surface area (Å²) in [5.74, 6) is -0.919. The molecule has 5 heteroatoms. The van der Waals surface area contributed by atoms with Gasteiger partial charge < -0.3 is 11.1 Å². The van der Waals surface area contributed by atoms with Crippen molar-refractivity contribution in [1.82, 2.24) is 10.3 Å². The topological polar surface area (TPSA) is 68.0 Å². The van der Waals surface area contributed by atoms with Crippen LogP contribution in [0.2, 0.25) is 0 Å². The summed E-state index contributed by atoms with van der Waals surface area (Å²) in [6, 6.07) is 9.11. The molecule has 0 aliphatic heterocycles. The van der Waals surface area contributed by atoms with E-state index in [2.05, 4.69) is 16.4 Å². The first kappa shape index (κ1) is 13.5. The number of aromatic nitrogens is 1. The highest BCUT2D eigenvalue weighted by Crippen LogP contribution is 2.29. The predicted molar refractivity (Wildman–Crippen MR) is 78.2 cm³/mol. The smallest absolute Gasteiger partial charge is 0.255 e. The van der Waals surface area contributed by atoms with Crippen LogP contribution in [0, 0.1) is 5.82 Å². The second-order valence-corrected chi connectivity index (χ2v) is 5.20. The SMILES string of the molecule is Nc1ncc(F)cc1C(=O)NC1CCCc2ccccc21. The van der Waals surface area contributed by atoms with E-state index in [9.17, 15) is 9.18 Å². The van der Waals surface area contributed by atoms with E-state index < -0.39 is 5.82 Å². The third-order valence-corrected chi connectivity index (χ3v) is 3.80. The molecule has 0 fully saturated rings. The molecule has 1 aliphatic rings. The molecule has 2 aromatic rings. The Morgan fingerprint density at radius 1 is 1.38 bits per heavy atom. The van der Waals surface area contributed by atoms with Gasteiger partial charge in [-0.3, -0.25) is 4.79 Å².